The van der Waals surface area contributed by atoms with Crippen molar-refractivity contribution in [2.45, 2.75) is 44.8 Å². The first-order valence-corrected chi connectivity index (χ1v) is 13.1. The number of amides is 3. The van der Waals surface area contributed by atoms with Crippen molar-refractivity contribution in [2.75, 3.05) is 37.0 Å². The lowest BCUT2D eigenvalue weighted by Crippen LogP contribution is -2.47. The zero-order valence-corrected chi connectivity index (χ0v) is 21.8. The number of hydrogen-bond acceptors (Lipinski definition) is 5. The minimum absolute atomic E-state index is 0.0488. The first-order valence-electron chi connectivity index (χ1n) is 13.1. The number of ether oxygens (including phenoxy) is 2. The zero-order valence-electron chi connectivity index (χ0n) is 21.8. The highest BCUT2D eigenvalue weighted by Gasteiger charge is 2.40. The number of carbonyl (C=O) groups excluding carboxylic acids is 3. The molecule has 3 amide bonds. The Morgan fingerprint density at radius 1 is 1.03 bits per heavy atom. The highest BCUT2D eigenvalue weighted by molar-refractivity contribution is 6.00. The molecule has 2 heterocycles. The van der Waals surface area contributed by atoms with Gasteiger partial charge >= 0.3 is 0 Å². The van der Waals surface area contributed by atoms with Crippen molar-refractivity contribution in [3.8, 4) is 0 Å². The van der Waals surface area contributed by atoms with Gasteiger partial charge in [0, 0.05) is 31.1 Å². The molecule has 2 aromatic rings. The summed E-state index contributed by atoms with van der Waals surface area (Å²) in [6, 6.07) is 14.4. The number of likely N-dealkylation sites (tertiary alicyclic amines) is 1. The van der Waals surface area contributed by atoms with Crippen molar-refractivity contribution in [3.63, 3.8) is 0 Å². The third-order valence-corrected chi connectivity index (χ3v) is 6.53. The highest BCUT2D eigenvalue weighted by atomic mass is 16.5. The van der Waals surface area contributed by atoms with Gasteiger partial charge in [-0.05, 0) is 66.6 Å². The van der Waals surface area contributed by atoms with Gasteiger partial charge < -0.3 is 25.0 Å². The Bertz CT molecular complexity index is 1170. The third-order valence-electron chi connectivity index (χ3n) is 6.53. The van der Waals surface area contributed by atoms with Crippen molar-refractivity contribution < 1.29 is 23.9 Å². The number of nitrogens with one attached hydrogen (secondary N) is 2. The summed E-state index contributed by atoms with van der Waals surface area (Å²) in [6.45, 7) is 7.71. The maximum atomic E-state index is 13.1. The first kappa shape index (κ1) is 27.3. The second-order valence-electron chi connectivity index (χ2n) is 9.51. The lowest BCUT2D eigenvalue weighted by atomic mass is 10.1. The Hall–Kier alpha value is -3.75. The molecule has 8 heteroatoms. The van der Waals surface area contributed by atoms with Crippen LogP contribution < -0.4 is 10.6 Å². The Morgan fingerprint density at radius 3 is 2.24 bits per heavy atom. The molecule has 2 saturated heterocycles. The van der Waals surface area contributed by atoms with Crippen molar-refractivity contribution >= 4 is 41.2 Å². The number of benzene rings is 2. The molecule has 0 bridgehead atoms. The van der Waals surface area contributed by atoms with Gasteiger partial charge in [0.2, 0.25) is 5.91 Å². The second-order valence-corrected chi connectivity index (χ2v) is 9.51. The smallest absolute Gasteiger partial charge is 0.252 e. The maximum Gasteiger partial charge on any atom is 0.252 e. The summed E-state index contributed by atoms with van der Waals surface area (Å²) in [5.41, 5.74) is 4.06. The summed E-state index contributed by atoms with van der Waals surface area (Å²) < 4.78 is 10.8. The molecule has 0 aromatic heterocycles. The highest BCUT2D eigenvalue weighted by Crippen LogP contribution is 2.27. The lowest BCUT2D eigenvalue weighted by molar-refractivity contribution is -0.144. The molecule has 200 valence electrons. The summed E-state index contributed by atoms with van der Waals surface area (Å²) in [4.78, 5) is 39.4. The van der Waals surface area contributed by atoms with E-state index < -0.39 is 12.1 Å². The molecule has 0 unspecified atom stereocenters. The SMILES string of the molecule is C=C1CCN(C(=O)[C@H]2CCCO2)[C@@H]1C(=O)Nc1ccc(/C=C/c2ccc(NC(=O)COCCC)cc2)cc1. The summed E-state index contributed by atoms with van der Waals surface area (Å²) in [6.07, 6.45) is 6.53. The fourth-order valence-electron chi connectivity index (χ4n) is 4.54. The van der Waals surface area contributed by atoms with Gasteiger partial charge in [0.05, 0.1) is 0 Å². The Morgan fingerprint density at radius 2 is 1.66 bits per heavy atom. The quantitative estimate of drug-likeness (QED) is 0.275. The van der Waals surface area contributed by atoms with Crippen molar-refractivity contribution in [1.29, 1.82) is 0 Å². The van der Waals surface area contributed by atoms with Gasteiger partial charge in [-0.25, -0.2) is 0 Å². The van der Waals surface area contributed by atoms with Crippen molar-refractivity contribution in [3.05, 3.63) is 71.8 Å². The predicted octanol–water partition coefficient (Wildman–Crippen LogP) is 4.50. The van der Waals surface area contributed by atoms with Crippen LogP contribution in [0.2, 0.25) is 0 Å². The van der Waals surface area contributed by atoms with E-state index in [1.807, 2.05) is 67.6 Å². The van der Waals surface area contributed by atoms with E-state index in [2.05, 4.69) is 17.2 Å². The molecule has 0 radical (unpaired) electrons. The van der Waals surface area contributed by atoms with Crippen molar-refractivity contribution in [2.24, 2.45) is 0 Å². The summed E-state index contributed by atoms with van der Waals surface area (Å²) >= 11 is 0. The zero-order chi connectivity index (χ0) is 26.9. The van der Waals surface area contributed by atoms with Crippen LogP contribution in [0.3, 0.4) is 0 Å². The molecular formula is C30H35N3O5. The molecule has 8 nitrogen and oxygen atoms in total. The molecule has 2 fully saturated rings. The monoisotopic (exact) mass is 517 g/mol. The number of hydrogen-bond donors (Lipinski definition) is 2. The Kier molecular flexibility index (Phi) is 9.46. The lowest BCUT2D eigenvalue weighted by Gasteiger charge is -2.26. The Balaban J connectivity index is 1.30. The predicted molar refractivity (Wildman–Crippen MR) is 148 cm³/mol. The van der Waals surface area contributed by atoms with E-state index in [-0.39, 0.29) is 24.3 Å². The molecule has 38 heavy (non-hydrogen) atoms. The molecule has 2 atom stereocenters. The van der Waals surface area contributed by atoms with Crippen LogP contribution in [0, 0.1) is 0 Å². The van der Waals surface area contributed by atoms with E-state index in [1.54, 1.807) is 4.90 Å². The largest absolute Gasteiger partial charge is 0.372 e. The second kappa shape index (κ2) is 13.2. The molecule has 2 aromatic carbocycles. The number of rotatable bonds is 10. The summed E-state index contributed by atoms with van der Waals surface area (Å²) in [5, 5.41) is 5.74. The topological polar surface area (TPSA) is 97.0 Å². The van der Waals surface area contributed by atoms with Gasteiger partial charge in [-0.3, -0.25) is 14.4 Å². The maximum absolute atomic E-state index is 13.1. The van der Waals surface area contributed by atoms with Crippen LogP contribution in [0.15, 0.2) is 60.7 Å². The number of carbonyl (C=O) groups is 3. The molecule has 0 aliphatic carbocycles. The minimum atomic E-state index is -0.678. The summed E-state index contributed by atoms with van der Waals surface area (Å²) in [5.74, 6) is -0.558. The first-order chi connectivity index (χ1) is 18.4. The third kappa shape index (κ3) is 7.18. The molecule has 2 aliphatic rings. The fraction of sp³-hybridized carbons (Fsp3) is 0.367. The molecule has 0 spiro atoms. The average Bonchev–Trinajstić information content (AvgIpc) is 3.59. The minimum Gasteiger partial charge on any atom is -0.372 e. The molecule has 0 saturated carbocycles. The normalized spacial score (nSPS) is 19.2. The van der Waals surface area contributed by atoms with Crippen molar-refractivity contribution in [1.82, 2.24) is 4.90 Å². The van der Waals surface area contributed by atoms with E-state index in [1.165, 1.54) is 0 Å². The fourth-order valence-corrected chi connectivity index (χ4v) is 4.54. The number of anilines is 2. The Labute approximate surface area is 223 Å². The van der Waals surface area contributed by atoms with Crippen LogP contribution in [0.1, 0.15) is 43.7 Å². The van der Waals surface area contributed by atoms with Crippen LogP contribution in [-0.4, -0.2) is 61.1 Å². The molecule has 4 rings (SSSR count). The van der Waals surface area contributed by atoms with E-state index in [0.717, 1.165) is 29.5 Å². The molecule has 2 N–H and O–H groups in total. The van der Waals surface area contributed by atoms with E-state index in [9.17, 15) is 14.4 Å². The van der Waals surface area contributed by atoms with Gasteiger partial charge in [0.1, 0.15) is 18.8 Å². The van der Waals surface area contributed by atoms with Gasteiger partial charge in [-0.2, -0.15) is 0 Å². The van der Waals surface area contributed by atoms with Crippen LogP contribution in [0.25, 0.3) is 12.2 Å². The van der Waals surface area contributed by atoms with Crippen LogP contribution in [0.5, 0.6) is 0 Å². The van der Waals surface area contributed by atoms with Gasteiger partial charge in [-0.15, -0.1) is 0 Å². The standard InChI is InChI=1S/C30H35N3O5/c1-3-18-37-20-27(34)31-24-12-8-22(9-13-24)6-7-23-10-14-25(15-11-23)32-29(35)28-21(2)16-17-33(28)30(36)26-5-4-19-38-26/h6-15,26,28H,2-5,16-20H2,1H3,(H,31,34)(H,32,35)/b7-6+/t26-,28+/m1/s1. The number of nitrogens with zero attached hydrogens (tertiary/aromatic N) is 1. The molecule has 2 aliphatic heterocycles. The molecular weight excluding hydrogens is 482 g/mol. The van der Waals surface area contributed by atoms with E-state index >= 15 is 0 Å². The van der Waals surface area contributed by atoms with E-state index in [4.69, 9.17) is 9.47 Å². The average molecular weight is 518 g/mol. The van der Waals surface area contributed by atoms with Gasteiger partial charge in [-0.1, -0.05) is 49.9 Å². The van der Waals surface area contributed by atoms with Crippen LogP contribution in [-0.2, 0) is 23.9 Å². The van der Waals surface area contributed by atoms with Crippen LogP contribution >= 0.6 is 0 Å². The van der Waals surface area contributed by atoms with Gasteiger partial charge in [0.15, 0.2) is 0 Å². The van der Waals surface area contributed by atoms with E-state index in [0.29, 0.717) is 44.0 Å². The summed E-state index contributed by atoms with van der Waals surface area (Å²) in [7, 11) is 0. The van der Waals surface area contributed by atoms with Gasteiger partial charge in [0.25, 0.3) is 11.8 Å². The van der Waals surface area contributed by atoms with Crippen LogP contribution in [0.4, 0.5) is 11.4 Å².